The zero-order valence-corrected chi connectivity index (χ0v) is 19.7. The summed E-state index contributed by atoms with van der Waals surface area (Å²) in [5.74, 6) is 1.81. The van der Waals surface area contributed by atoms with Gasteiger partial charge in [0.05, 0.1) is 18.4 Å². The Kier molecular flexibility index (Phi) is 7.32. The zero-order chi connectivity index (χ0) is 23.9. The van der Waals surface area contributed by atoms with Gasteiger partial charge in [-0.25, -0.2) is 0 Å². The van der Waals surface area contributed by atoms with Crippen LogP contribution in [0.5, 0.6) is 11.5 Å². The van der Waals surface area contributed by atoms with Crippen molar-refractivity contribution in [2.45, 2.75) is 33.3 Å². The van der Waals surface area contributed by atoms with Gasteiger partial charge in [-0.1, -0.05) is 29.4 Å². The maximum Gasteiger partial charge on any atom is 0.243 e. The minimum atomic E-state index is -0.128. The van der Waals surface area contributed by atoms with E-state index in [0.717, 1.165) is 40.9 Å². The van der Waals surface area contributed by atoms with E-state index >= 15 is 0 Å². The van der Waals surface area contributed by atoms with Crippen molar-refractivity contribution in [2.75, 3.05) is 13.7 Å². The molecule has 4 aromatic rings. The zero-order valence-electron chi connectivity index (χ0n) is 19.7. The van der Waals surface area contributed by atoms with Crippen molar-refractivity contribution in [2.24, 2.45) is 0 Å². The number of carbonyl (C=O) groups excluding carboxylic acids is 1. The van der Waals surface area contributed by atoms with Gasteiger partial charge in [0.15, 0.2) is 11.5 Å². The van der Waals surface area contributed by atoms with E-state index in [1.54, 1.807) is 13.2 Å². The lowest BCUT2D eigenvalue weighted by atomic mass is 10.1. The summed E-state index contributed by atoms with van der Waals surface area (Å²) >= 11 is 0. The number of amides is 1. The van der Waals surface area contributed by atoms with Crippen molar-refractivity contribution < 1.29 is 18.8 Å². The Morgan fingerprint density at radius 3 is 2.82 bits per heavy atom. The third-order valence-electron chi connectivity index (χ3n) is 5.77. The first-order valence-electron chi connectivity index (χ1n) is 11.3. The number of carbonyl (C=O) groups is 1. The maximum atomic E-state index is 12.2. The number of nitrogens with zero attached hydrogens (tertiary/aromatic N) is 1. The van der Waals surface area contributed by atoms with Gasteiger partial charge in [-0.3, -0.25) is 4.79 Å². The van der Waals surface area contributed by atoms with E-state index in [1.165, 1.54) is 17.0 Å². The van der Waals surface area contributed by atoms with E-state index in [1.807, 2.05) is 50.4 Å². The highest BCUT2D eigenvalue weighted by Crippen LogP contribution is 2.30. The Bertz CT molecular complexity index is 1280. The average Bonchev–Trinajstić information content (AvgIpc) is 3.41. The Morgan fingerprint density at radius 1 is 1.18 bits per heavy atom. The molecular weight excluding hydrogens is 430 g/mol. The molecule has 34 heavy (non-hydrogen) atoms. The number of nitrogens with one attached hydrogen (secondary N) is 2. The largest absolute Gasteiger partial charge is 0.493 e. The fourth-order valence-corrected chi connectivity index (χ4v) is 3.82. The first-order chi connectivity index (χ1) is 16.5. The van der Waals surface area contributed by atoms with Crippen molar-refractivity contribution in [3.63, 3.8) is 0 Å². The highest BCUT2D eigenvalue weighted by molar-refractivity contribution is 5.91. The molecule has 2 aromatic heterocycles. The molecule has 1 amide bonds. The van der Waals surface area contributed by atoms with E-state index in [9.17, 15) is 4.79 Å². The summed E-state index contributed by atoms with van der Waals surface area (Å²) < 4.78 is 16.5. The molecule has 0 unspecified atom stereocenters. The molecule has 7 heteroatoms. The molecule has 4 rings (SSSR count). The van der Waals surface area contributed by atoms with Crippen LogP contribution in [-0.4, -0.2) is 29.7 Å². The lowest BCUT2D eigenvalue weighted by Crippen LogP contribution is -2.22. The summed E-state index contributed by atoms with van der Waals surface area (Å²) in [5, 5.41) is 8.12. The van der Waals surface area contributed by atoms with Gasteiger partial charge in [0.2, 0.25) is 5.91 Å². The maximum absolute atomic E-state index is 12.2. The molecule has 2 heterocycles. The second-order valence-corrected chi connectivity index (χ2v) is 8.09. The fourth-order valence-electron chi connectivity index (χ4n) is 3.82. The molecule has 0 spiro atoms. The Balaban J connectivity index is 1.27. The van der Waals surface area contributed by atoms with Crippen molar-refractivity contribution in [1.29, 1.82) is 0 Å². The number of H-pyrrole nitrogens is 1. The molecule has 7 nitrogen and oxygen atoms in total. The van der Waals surface area contributed by atoms with Crippen LogP contribution in [-0.2, 0) is 17.8 Å². The van der Waals surface area contributed by atoms with Gasteiger partial charge in [-0.2, -0.15) is 0 Å². The molecule has 0 aliphatic rings. The van der Waals surface area contributed by atoms with Crippen LogP contribution in [0.25, 0.3) is 17.0 Å². The number of methoxy groups -OCH3 is 1. The molecule has 0 radical (unpaired) electrons. The molecule has 0 fully saturated rings. The number of rotatable bonds is 10. The van der Waals surface area contributed by atoms with Gasteiger partial charge in [0.1, 0.15) is 12.4 Å². The lowest BCUT2D eigenvalue weighted by Gasteiger charge is -2.11. The van der Waals surface area contributed by atoms with Crippen molar-refractivity contribution >= 4 is 22.9 Å². The summed E-state index contributed by atoms with van der Waals surface area (Å²) in [6.07, 6.45) is 7.11. The van der Waals surface area contributed by atoms with Crippen LogP contribution in [0.3, 0.4) is 0 Å². The van der Waals surface area contributed by atoms with E-state index in [-0.39, 0.29) is 5.91 Å². The number of aryl methyl sites for hydroxylation is 3. The van der Waals surface area contributed by atoms with Crippen LogP contribution < -0.4 is 14.8 Å². The molecule has 0 atom stereocenters. The number of aromatic amines is 1. The van der Waals surface area contributed by atoms with Crippen LogP contribution in [0.15, 0.2) is 59.3 Å². The number of hydrogen-bond acceptors (Lipinski definition) is 5. The molecule has 176 valence electrons. The first-order valence-corrected chi connectivity index (χ1v) is 11.3. The minimum Gasteiger partial charge on any atom is -0.493 e. The monoisotopic (exact) mass is 459 g/mol. The quantitative estimate of drug-likeness (QED) is 0.254. The van der Waals surface area contributed by atoms with E-state index in [4.69, 9.17) is 14.0 Å². The highest BCUT2D eigenvalue weighted by Gasteiger charge is 2.12. The SMILES string of the molecule is COc1cc(/C=C/C(=O)NCCCc2c[nH]c3ccccc23)ccc1OCc1c(C)noc1C. The highest BCUT2D eigenvalue weighted by atomic mass is 16.5. The second-order valence-electron chi connectivity index (χ2n) is 8.09. The number of aromatic nitrogens is 2. The number of benzene rings is 2. The fraction of sp³-hybridized carbons (Fsp3) is 0.259. The summed E-state index contributed by atoms with van der Waals surface area (Å²) in [7, 11) is 1.59. The second kappa shape index (κ2) is 10.7. The van der Waals surface area contributed by atoms with Gasteiger partial charge < -0.3 is 24.3 Å². The van der Waals surface area contributed by atoms with Gasteiger partial charge in [0, 0.05) is 29.7 Å². The molecule has 0 saturated carbocycles. The normalized spacial score (nSPS) is 11.3. The van der Waals surface area contributed by atoms with E-state index < -0.39 is 0 Å². The summed E-state index contributed by atoms with van der Waals surface area (Å²) in [4.78, 5) is 15.5. The molecule has 2 N–H and O–H groups in total. The number of para-hydroxylation sites is 1. The topological polar surface area (TPSA) is 89.4 Å². The molecule has 0 bridgehead atoms. The minimum absolute atomic E-state index is 0.128. The van der Waals surface area contributed by atoms with Crippen LogP contribution in [0, 0.1) is 13.8 Å². The van der Waals surface area contributed by atoms with E-state index in [0.29, 0.717) is 24.7 Å². The number of ether oxygens (including phenoxy) is 2. The molecule has 0 saturated heterocycles. The lowest BCUT2D eigenvalue weighted by molar-refractivity contribution is -0.116. The summed E-state index contributed by atoms with van der Waals surface area (Å²) in [6.45, 7) is 4.69. The van der Waals surface area contributed by atoms with Crippen molar-refractivity contribution in [1.82, 2.24) is 15.5 Å². The van der Waals surface area contributed by atoms with Crippen molar-refractivity contribution in [3.05, 3.63) is 82.9 Å². The predicted molar refractivity (Wildman–Crippen MR) is 132 cm³/mol. The number of hydrogen-bond donors (Lipinski definition) is 2. The Hall–Kier alpha value is -4.00. The standard InChI is InChI=1S/C27H29N3O4/c1-18-23(19(2)34-30-18)17-33-25-12-10-20(15-26(25)32-3)11-13-27(31)28-14-6-7-21-16-29-24-9-5-4-8-22(21)24/h4-5,8-13,15-16,29H,6-7,14,17H2,1-3H3,(H,28,31)/b13-11+. The molecule has 0 aliphatic carbocycles. The summed E-state index contributed by atoms with van der Waals surface area (Å²) in [5.41, 5.74) is 4.98. The predicted octanol–water partition coefficient (Wildman–Crippen LogP) is 5.12. The third kappa shape index (κ3) is 5.49. The van der Waals surface area contributed by atoms with Gasteiger partial charge in [-0.05, 0) is 62.1 Å². The molecule has 0 aliphatic heterocycles. The van der Waals surface area contributed by atoms with Crippen LogP contribution >= 0.6 is 0 Å². The van der Waals surface area contributed by atoms with Crippen LogP contribution in [0.2, 0.25) is 0 Å². The van der Waals surface area contributed by atoms with Gasteiger partial charge in [-0.15, -0.1) is 0 Å². The Labute approximate surface area is 198 Å². The van der Waals surface area contributed by atoms with Crippen LogP contribution in [0.4, 0.5) is 0 Å². The Morgan fingerprint density at radius 2 is 2.03 bits per heavy atom. The molecule has 2 aromatic carbocycles. The van der Waals surface area contributed by atoms with Crippen molar-refractivity contribution in [3.8, 4) is 11.5 Å². The first kappa shape index (κ1) is 23.2. The number of fused-ring (bicyclic) bond motifs is 1. The van der Waals surface area contributed by atoms with Crippen LogP contribution in [0.1, 0.15) is 34.6 Å². The molecular formula is C27H29N3O4. The van der Waals surface area contributed by atoms with E-state index in [2.05, 4.69) is 27.6 Å². The average molecular weight is 460 g/mol. The van der Waals surface area contributed by atoms with Gasteiger partial charge >= 0.3 is 0 Å². The van der Waals surface area contributed by atoms with Gasteiger partial charge in [0.25, 0.3) is 0 Å². The third-order valence-corrected chi connectivity index (χ3v) is 5.77. The smallest absolute Gasteiger partial charge is 0.243 e. The summed E-state index contributed by atoms with van der Waals surface area (Å²) in [6, 6.07) is 13.8.